The van der Waals surface area contributed by atoms with Crippen LogP contribution in [0.15, 0.2) is 30.3 Å². The SMILES string of the molecule is NC(=O)NC1CCN(Cc2nnc(-c3ccccc3)s2)CC1. The van der Waals surface area contributed by atoms with E-state index in [1.807, 2.05) is 30.3 Å². The summed E-state index contributed by atoms with van der Waals surface area (Å²) in [5.74, 6) is 0. The molecule has 0 saturated carbocycles. The van der Waals surface area contributed by atoms with Crippen molar-refractivity contribution in [2.24, 2.45) is 5.73 Å². The molecule has 0 unspecified atom stereocenters. The van der Waals surface area contributed by atoms with Crippen LogP contribution in [0.2, 0.25) is 0 Å². The Morgan fingerprint density at radius 2 is 2.00 bits per heavy atom. The van der Waals surface area contributed by atoms with Gasteiger partial charge in [0.15, 0.2) is 0 Å². The zero-order valence-electron chi connectivity index (χ0n) is 12.2. The van der Waals surface area contributed by atoms with Crippen molar-refractivity contribution < 1.29 is 4.79 Å². The van der Waals surface area contributed by atoms with Gasteiger partial charge in [-0.05, 0) is 12.8 Å². The molecule has 116 valence electrons. The van der Waals surface area contributed by atoms with E-state index in [1.54, 1.807) is 11.3 Å². The summed E-state index contributed by atoms with van der Waals surface area (Å²) in [5, 5.41) is 13.3. The fourth-order valence-electron chi connectivity index (χ4n) is 2.64. The molecule has 2 aromatic rings. The van der Waals surface area contributed by atoms with E-state index < -0.39 is 6.03 Å². The smallest absolute Gasteiger partial charge is 0.312 e. The standard InChI is InChI=1S/C15H19N5OS/c16-15(21)17-12-6-8-20(9-7-12)10-13-18-19-14(22-13)11-4-2-1-3-5-11/h1-5,12H,6-10H2,(H3,16,17,21). The highest BCUT2D eigenvalue weighted by Crippen LogP contribution is 2.24. The molecule has 0 spiro atoms. The van der Waals surface area contributed by atoms with Gasteiger partial charge in [0.1, 0.15) is 10.0 Å². The second-order valence-corrected chi connectivity index (χ2v) is 6.49. The Labute approximate surface area is 133 Å². The van der Waals surface area contributed by atoms with Crippen LogP contribution in [0, 0.1) is 0 Å². The zero-order chi connectivity index (χ0) is 15.4. The van der Waals surface area contributed by atoms with Gasteiger partial charge in [0.2, 0.25) is 0 Å². The van der Waals surface area contributed by atoms with Gasteiger partial charge in [-0.3, -0.25) is 4.90 Å². The second kappa shape index (κ2) is 6.85. The highest BCUT2D eigenvalue weighted by Gasteiger charge is 2.21. The predicted molar refractivity (Wildman–Crippen MR) is 86.4 cm³/mol. The van der Waals surface area contributed by atoms with Crippen molar-refractivity contribution in [2.45, 2.75) is 25.4 Å². The molecule has 3 N–H and O–H groups in total. The van der Waals surface area contributed by atoms with Crippen LogP contribution in [-0.4, -0.2) is 40.3 Å². The van der Waals surface area contributed by atoms with Crippen molar-refractivity contribution in [1.82, 2.24) is 20.4 Å². The van der Waals surface area contributed by atoms with Crippen molar-refractivity contribution in [3.8, 4) is 10.6 Å². The molecule has 1 aliphatic rings. The molecule has 0 atom stereocenters. The Bertz CT molecular complexity index is 622. The number of likely N-dealkylation sites (tertiary alicyclic amines) is 1. The molecule has 2 amide bonds. The van der Waals surface area contributed by atoms with Crippen LogP contribution < -0.4 is 11.1 Å². The number of piperidine rings is 1. The molecule has 22 heavy (non-hydrogen) atoms. The minimum Gasteiger partial charge on any atom is -0.352 e. The number of aromatic nitrogens is 2. The highest BCUT2D eigenvalue weighted by atomic mass is 32.1. The van der Waals surface area contributed by atoms with E-state index in [2.05, 4.69) is 20.4 Å². The number of urea groups is 1. The van der Waals surface area contributed by atoms with Gasteiger partial charge in [-0.25, -0.2) is 4.79 Å². The van der Waals surface area contributed by atoms with E-state index in [9.17, 15) is 4.79 Å². The summed E-state index contributed by atoms with van der Waals surface area (Å²) in [6.45, 7) is 2.68. The van der Waals surface area contributed by atoms with Gasteiger partial charge in [-0.1, -0.05) is 41.7 Å². The third kappa shape index (κ3) is 3.80. The molecule has 1 saturated heterocycles. The Hall–Kier alpha value is -1.99. The van der Waals surface area contributed by atoms with Crippen molar-refractivity contribution in [2.75, 3.05) is 13.1 Å². The number of carbonyl (C=O) groups excluding carboxylic acids is 1. The van der Waals surface area contributed by atoms with Crippen molar-refractivity contribution in [1.29, 1.82) is 0 Å². The fraction of sp³-hybridized carbons (Fsp3) is 0.400. The fourth-order valence-corrected chi connectivity index (χ4v) is 3.53. The number of benzene rings is 1. The molecule has 0 bridgehead atoms. The molecule has 2 heterocycles. The maximum Gasteiger partial charge on any atom is 0.312 e. The minimum atomic E-state index is -0.435. The lowest BCUT2D eigenvalue weighted by Crippen LogP contribution is -2.46. The van der Waals surface area contributed by atoms with Gasteiger partial charge in [0, 0.05) is 24.7 Å². The van der Waals surface area contributed by atoms with E-state index >= 15 is 0 Å². The van der Waals surface area contributed by atoms with Gasteiger partial charge < -0.3 is 11.1 Å². The van der Waals surface area contributed by atoms with E-state index in [0.29, 0.717) is 0 Å². The van der Waals surface area contributed by atoms with Gasteiger partial charge in [-0.2, -0.15) is 0 Å². The predicted octanol–water partition coefficient (Wildman–Crippen LogP) is 1.84. The maximum atomic E-state index is 10.9. The van der Waals surface area contributed by atoms with Gasteiger partial charge in [-0.15, -0.1) is 10.2 Å². The molecular weight excluding hydrogens is 298 g/mol. The number of nitrogens with two attached hydrogens (primary N) is 1. The molecule has 1 fully saturated rings. The van der Waals surface area contributed by atoms with Gasteiger partial charge in [0.25, 0.3) is 0 Å². The summed E-state index contributed by atoms with van der Waals surface area (Å²) in [5.41, 5.74) is 6.27. The molecule has 7 heteroatoms. The summed E-state index contributed by atoms with van der Waals surface area (Å²) < 4.78 is 0. The second-order valence-electron chi connectivity index (χ2n) is 5.43. The van der Waals surface area contributed by atoms with Crippen molar-refractivity contribution in [3.05, 3.63) is 35.3 Å². The van der Waals surface area contributed by atoms with Crippen LogP contribution in [0.25, 0.3) is 10.6 Å². The first-order chi connectivity index (χ1) is 10.7. The number of carbonyl (C=O) groups is 1. The molecule has 1 aromatic heterocycles. The normalized spacial score (nSPS) is 16.5. The molecule has 1 aliphatic heterocycles. The highest BCUT2D eigenvalue weighted by molar-refractivity contribution is 7.14. The lowest BCUT2D eigenvalue weighted by atomic mass is 10.1. The number of hydrogen-bond donors (Lipinski definition) is 2. The number of primary amides is 1. The van der Waals surface area contributed by atoms with Crippen LogP contribution in [-0.2, 0) is 6.54 Å². The molecular formula is C15H19N5OS. The van der Waals surface area contributed by atoms with Crippen LogP contribution in [0.5, 0.6) is 0 Å². The molecule has 0 radical (unpaired) electrons. The summed E-state index contributed by atoms with van der Waals surface area (Å²) in [4.78, 5) is 13.2. The van der Waals surface area contributed by atoms with Crippen LogP contribution >= 0.6 is 11.3 Å². The Morgan fingerprint density at radius 1 is 1.27 bits per heavy atom. The summed E-state index contributed by atoms with van der Waals surface area (Å²) >= 11 is 1.64. The van der Waals surface area contributed by atoms with E-state index in [-0.39, 0.29) is 6.04 Å². The number of hydrogen-bond acceptors (Lipinski definition) is 5. The van der Waals surface area contributed by atoms with Crippen LogP contribution in [0.3, 0.4) is 0 Å². The average Bonchev–Trinajstić information content (AvgIpc) is 2.98. The lowest BCUT2D eigenvalue weighted by molar-refractivity contribution is 0.188. The van der Waals surface area contributed by atoms with Crippen LogP contribution in [0.1, 0.15) is 17.8 Å². The van der Waals surface area contributed by atoms with Crippen LogP contribution in [0.4, 0.5) is 4.79 Å². The van der Waals surface area contributed by atoms with Gasteiger partial charge in [0.05, 0.1) is 6.54 Å². The summed E-state index contributed by atoms with van der Waals surface area (Å²) in [6, 6.07) is 9.87. The number of nitrogens with zero attached hydrogens (tertiary/aromatic N) is 3. The molecule has 0 aliphatic carbocycles. The first-order valence-electron chi connectivity index (χ1n) is 7.37. The number of amides is 2. The number of nitrogens with one attached hydrogen (secondary N) is 1. The van der Waals surface area contributed by atoms with E-state index in [4.69, 9.17) is 5.73 Å². The maximum absolute atomic E-state index is 10.9. The quantitative estimate of drug-likeness (QED) is 0.901. The summed E-state index contributed by atoms with van der Waals surface area (Å²) in [7, 11) is 0. The Morgan fingerprint density at radius 3 is 2.68 bits per heavy atom. The van der Waals surface area contributed by atoms with Gasteiger partial charge >= 0.3 is 6.03 Å². The largest absolute Gasteiger partial charge is 0.352 e. The Balaban J connectivity index is 1.55. The van der Waals surface area contributed by atoms with Crippen molar-refractivity contribution >= 4 is 17.4 Å². The zero-order valence-corrected chi connectivity index (χ0v) is 13.1. The molecule has 3 rings (SSSR count). The summed E-state index contributed by atoms with van der Waals surface area (Å²) in [6.07, 6.45) is 1.85. The monoisotopic (exact) mass is 317 g/mol. The third-order valence-electron chi connectivity index (χ3n) is 3.78. The first-order valence-corrected chi connectivity index (χ1v) is 8.18. The first kappa shape index (κ1) is 14.9. The van der Waals surface area contributed by atoms with E-state index in [0.717, 1.165) is 48.1 Å². The number of rotatable bonds is 4. The molecule has 1 aromatic carbocycles. The lowest BCUT2D eigenvalue weighted by Gasteiger charge is -2.31. The third-order valence-corrected chi connectivity index (χ3v) is 4.74. The minimum absolute atomic E-state index is 0.197. The molecule has 6 nitrogen and oxygen atoms in total. The topological polar surface area (TPSA) is 84.1 Å². The average molecular weight is 317 g/mol. The van der Waals surface area contributed by atoms with Crippen molar-refractivity contribution in [3.63, 3.8) is 0 Å². The Kier molecular flexibility index (Phi) is 4.65. The van der Waals surface area contributed by atoms with E-state index in [1.165, 1.54) is 0 Å².